The SMILES string of the molecule is C=CCCC(OCc1ccccc1)(c1nnc(-c2nc(Br)c(C)cc2NC(=O)OC(C)(C)C)o1)C(F)(F)F. The summed E-state index contributed by atoms with van der Waals surface area (Å²) in [4.78, 5) is 16.7. The maximum absolute atomic E-state index is 14.6. The molecular formula is C26H28BrF3N4O4. The molecule has 204 valence electrons. The van der Waals surface area contributed by atoms with Crippen LogP contribution in [0.25, 0.3) is 11.6 Å². The number of nitrogens with zero attached hydrogens (tertiary/aromatic N) is 3. The molecule has 3 rings (SSSR count). The lowest BCUT2D eigenvalue weighted by Gasteiger charge is -2.32. The molecule has 0 aliphatic heterocycles. The van der Waals surface area contributed by atoms with Gasteiger partial charge in [-0.05, 0) is 73.7 Å². The third-order valence-electron chi connectivity index (χ3n) is 5.25. The summed E-state index contributed by atoms with van der Waals surface area (Å²) in [6, 6.07) is 10.00. The minimum absolute atomic E-state index is 0.0359. The minimum Gasteiger partial charge on any atom is -0.444 e. The van der Waals surface area contributed by atoms with Crippen molar-refractivity contribution in [2.45, 2.75) is 64.5 Å². The molecule has 0 saturated carbocycles. The van der Waals surface area contributed by atoms with Gasteiger partial charge in [0.25, 0.3) is 11.8 Å². The number of allylic oxidation sites excluding steroid dienone is 1. The van der Waals surface area contributed by atoms with Gasteiger partial charge in [-0.2, -0.15) is 13.2 Å². The normalized spacial score (nSPS) is 13.6. The summed E-state index contributed by atoms with van der Waals surface area (Å²) in [7, 11) is 0. The minimum atomic E-state index is -4.91. The first-order chi connectivity index (χ1) is 17.8. The van der Waals surface area contributed by atoms with E-state index in [4.69, 9.17) is 13.9 Å². The van der Waals surface area contributed by atoms with Crippen molar-refractivity contribution in [3.63, 3.8) is 0 Å². The Kier molecular flexibility index (Phi) is 8.98. The average Bonchev–Trinajstić information content (AvgIpc) is 3.30. The Hall–Kier alpha value is -3.25. The molecule has 8 nitrogen and oxygen atoms in total. The van der Waals surface area contributed by atoms with Crippen molar-refractivity contribution in [2.24, 2.45) is 0 Å². The molecule has 2 heterocycles. The van der Waals surface area contributed by atoms with Crippen LogP contribution in [0.1, 0.15) is 50.6 Å². The largest absolute Gasteiger partial charge is 0.444 e. The molecule has 1 unspecified atom stereocenters. The zero-order valence-corrected chi connectivity index (χ0v) is 22.9. The Balaban J connectivity index is 2.06. The van der Waals surface area contributed by atoms with Crippen LogP contribution in [0.3, 0.4) is 0 Å². The van der Waals surface area contributed by atoms with E-state index in [1.165, 1.54) is 6.08 Å². The summed E-state index contributed by atoms with van der Waals surface area (Å²) < 4.78 is 60.7. The first-order valence-corrected chi connectivity index (χ1v) is 12.4. The maximum Gasteiger partial charge on any atom is 0.426 e. The molecule has 0 saturated heterocycles. The number of carbonyl (C=O) groups excluding carboxylic acids is 1. The van der Waals surface area contributed by atoms with Gasteiger partial charge in [-0.25, -0.2) is 9.78 Å². The van der Waals surface area contributed by atoms with Crippen LogP contribution in [0.2, 0.25) is 0 Å². The number of benzene rings is 1. The Bertz CT molecular complexity index is 1280. The van der Waals surface area contributed by atoms with Gasteiger partial charge in [-0.15, -0.1) is 16.8 Å². The van der Waals surface area contributed by atoms with Gasteiger partial charge in [0.1, 0.15) is 10.2 Å². The first kappa shape index (κ1) is 29.3. The third kappa shape index (κ3) is 6.98. The molecule has 1 aromatic carbocycles. The zero-order chi connectivity index (χ0) is 28.1. The molecule has 0 fully saturated rings. The number of aromatic nitrogens is 3. The van der Waals surface area contributed by atoms with E-state index >= 15 is 0 Å². The standard InChI is InChI=1S/C26H28BrF3N4O4/c1-6-7-13-25(26(28,29)30,36-15-17-11-9-8-10-12-17)22-34-33-21(37-22)19-18(14-16(2)20(27)32-19)31-23(35)38-24(3,4)5/h6,8-12,14H,1,7,13,15H2,2-5H3,(H,31,35). The summed E-state index contributed by atoms with van der Waals surface area (Å²) >= 11 is 3.29. The molecule has 3 aromatic rings. The second-order valence-electron chi connectivity index (χ2n) is 9.46. The number of ether oxygens (including phenoxy) is 2. The lowest BCUT2D eigenvalue weighted by atomic mass is 9.96. The summed E-state index contributed by atoms with van der Waals surface area (Å²) in [5, 5.41) is 10.1. The second-order valence-corrected chi connectivity index (χ2v) is 10.2. The van der Waals surface area contributed by atoms with Gasteiger partial charge in [-0.3, -0.25) is 5.32 Å². The van der Waals surface area contributed by atoms with Gasteiger partial charge >= 0.3 is 12.3 Å². The van der Waals surface area contributed by atoms with E-state index in [1.54, 1.807) is 64.1 Å². The molecule has 38 heavy (non-hydrogen) atoms. The molecular weight excluding hydrogens is 569 g/mol. The van der Waals surface area contributed by atoms with Gasteiger partial charge < -0.3 is 13.9 Å². The second kappa shape index (κ2) is 11.6. The van der Waals surface area contributed by atoms with E-state index in [-0.39, 0.29) is 30.3 Å². The first-order valence-electron chi connectivity index (χ1n) is 11.6. The number of pyridine rings is 1. The molecule has 1 N–H and O–H groups in total. The smallest absolute Gasteiger partial charge is 0.426 e. The quantitative estimate of drug-likeness (QED) is 0.202. The topological polar surface area (TPSA) is 99.4 Å². The van der Waals surface area contributed by atoms with Crippen LogP contribution in [0.15, 0.2) is 58.1 Å². The maximum atomic E-state index is 14.6. The number of amides is 1. The van der Waals surface area contributed by atoms with Crippen molar-refractivity contribution in [3.8, 4) is 11.6 Å². The Morgan fingerprint density at radius 2 is 1.87 bits per heavy atom. The molecule has 0 radical (unpaired) electrons. The van der Waals surface area contributed by atoms with E-state index in [2.05, 4.69) is 43.0 Å². The van der Waals surface area contributed by atoms with E-state index in [9.17, 15) is 18.0 Å². The monoisotopic (exact) mass is 596 g/mol. The fourth-order valence-electron chi connectivity index (χ4n) is 3.42. The summed E-state index contributed by atoms with van der Waals surface area (Å²) in [5.41, 5.74) is -2.45. The van der Waals surface area contributed by atoms with Crippen molar-refractivity contribution in [3.05, 3.63) is 70.7 Å². The van der Waals surface area contributed by atoms with E-state index in [1.807, 2.05) is 0 Å². The van der Waals surface area contributed by atoms with Crippen LogP contribution in [0, 0.1) is 6.92 Å². The molecule has 2 aromatic heterocycles. The highest BCUT2D eigenvalue weighted by Gasteiger charge is 2.61. The van der Waals surface area contributed by atoms with Crippen LogP contribution in [0.5, 0.6) is 0 Å². The number of hydrogen-bond donors (Lipinski definition) is 1. The molecule has 0 spiro atoms. The van der Waals surface area contributed by atoms with Crippen LogP contribution in [-0.2, 0) is 21.7 Å². The van der Waals surface area contributed by atoms with Crippen molar-refractivity contribution in [2.75, 3.05) is 5.32 Å². The zero-order valence-electron chi connectivity index (χ0n) is 21.4. The van der Waals surface area contributed by atoms with E-state index < -0.39 is 35.8 Å². The van der Waals surface area contributed by atoms with Crippen LogP contribution in [0.4, 0.5) is 23.7 Å². The van der Waals surface area contributed by atoms with Gasteiger partial charge in [0.05, 0.1) is 12.3 Å². The lowest BCUT2D eigenvalue weighted by molar-refractivity contribution is -0.299. The van der Waals surface area contributed by atoms with Crippen LogP contribution >= 0.6 is 15.9 Å². The predicted octanol–water partition coefficient (Wildman–Crippen LogP) is 7.49. The highest BCUT2D eigenvalue weighted by molar-refractivity contribution is 9.10. The lowest BCUT2D eigenvalue weighted by Crippen LogP contribution is -2.45. The number of nitrogens with one attached hydrogen (secondary N) is 1. The van der Waals surface area contributed by atoms with Crippen LogP contribution in [-0.4, -0.2) is 33.1 Å². The Labute approximate surface area is 226 Å². The van der Waals surface area contributed by atoms with Crippen molar-refractivity contribution in [1.82, 2.24) is 15.2 Å². The third-order valence-corrected chi connectivity index (χ3v) is 6.05. The fraction of sp³-hybridized carbons (Fsp3) is 0.385. The van der Waals surface area contributed by atoms with Crippen LogP contribution < -0.4 is 5.32 Å². The van der Waals surface area contributed by atoms with E-state index in [0.29, 0.717) is 15.7 Å². The van der Waals surface area contributed by atoms with Crippen molar-refractivity contribution in [1.29, 1.82) is 0 Å². The van der Waals surface area contributed by atoms with Crippen molar-refractivity contribution < 1.29 is 31.9 Å². The molecule has 0 bridgehead atoms. The Morgan fingerprint density at radius 3 is 2.47 bits per heavy atom. The average molecular weight is 597 g/mol. The number of rotatable bonds is 9. The highest BCUT2D eigenvalue weighted by atomic mass is 79.9. The Morgan fingerprint density at radius 1 is 1.18 bits per heavy atom. The summed E-state index contributed by atoms with van der Waals surface area (Å²) in [5.74, 6) is -1.14. The van der Waals surface area contributed by atoms with Gasteiger partial charge in [0.15, 0.2) is 5.69 Å². The highest BCUT2D eigenvalue weighted by Crippen LogP contribution is 2.46. The van der Waals surface area contributed by atoms with Gasteiger partial charge in [0.2, 0.25) is 5.60 Å². The molecule has 0 aliphatic carbocycles. The van der Waals surface area contributed by atoms with Gasteiger partial charge in [0, 0.05) is 0 Å². The fourth-order valence-corrected chi connectivity index (χ4v) is 3.71. The number of anilines is 1. The number of carbonyl (C=O) groups is 1. The molecule has 1 atom stereocenters. The van der Waals surface area contributed by atoms with Crippen molar-refractivity contribution >= 4 is 27.7 Å². The number of aryl methyl sites for hydroxylation is 1. The summed E-state index contributed by atoms with van der Waals surface area (Å²) in [6.07, 6.45) is -4.92. The summed E-state index contributed by atoms with van der Waals surface area (Å²) in [6.45, 7) is 9.99. The number of hydrogen-bond acceptors (Lipinski definition) is 7. The van der Waals surface area contributed by atoms with E-state index in [0.717, 1.165) is 0 Å². The predicted molar refractivity (Wildman–Crippen MR) is 138 cm³/mol. The molecule has 1 amide bonds. The molecule has 12 heteroatoms. The van der Waals surface area contributed by atoms with Gasteiger partial charge in [-0.1, -0.05) is 36.4 Å². The number of alkyl halides is 3. The molecule has 0 aliphatic rings. The number of halogens is 4.